The van der Waals surface area contributed by atoms with Crippen LogP contribution in [0.15, 0.2) is 36.7 Å². The molecule has 1 aromatic heterocycles. The first-order chi connectivity index (χ1) is 9.67. The van der Waals surface area contributed by atoms with Gasteiger partial charge in [0, 0.05) is 25.6 Å². The molecule has 0 fully saturated rings. The lowest BCUT2D eigenvalue weighted by atomic mass is 10.1. The zero-order chi connectivity index (χ0) is 14.4. The number of ketones is 1. The Morgan fingerprint density at radius 1 is 1.40 bits per heavy atom. The van der Waals surface area contributed by atoms with Gasteiger partial charge >= 0.3 is 0 Å². The van der Waals surface area contributed by atoms with E-state index in [0.29, 0.717) is 19.4 Å². The minimum absolute atomic E-state index is 0.174. The van der Waals surface area contributed by atoms with Crippen LogP contribution in [0.3, 0.4) is 0 Å². The van der Waals surface area contributed by atoms with Gasteiger partial charge in [-0.25, -0.2) is 0 Å². The molecular weight excluding hydrogens is 252 g/mol. The van der Waals surface area contributed by atoms with Crippen molar-refractivity contribution < 1.29 is 9.53 Å². The lowest BCUT2D eigenvalue weighted by molar-refractivity contribution is -0.118. The number of benzene rings is 1. The molecule has 0 aliphatic rings. The third-order valence-electron chi connectivity index (χ3n) is 3.05. The molecule has 0 unspecified atom stereocenters. The summed E-state index contributed by atoms with van der Waals surface area (Å²) < 4.78 is 7.41. The smallest absolute Gasteiger partial charge is 0.140 e. The summed E-state index contributed by atoms with van der Waals surface area (Å²) in [7, 11) is 0. The predicted octanol–water partition coefficient (Wildman–Crippen LogP) is 2.79. The van der Waals surface area contributed by atoms with Gasteiger partial charge in [0.1, 0.15) is 11.5 Å². The molecule has 0 aliphatic carbocycles. The van der Waals surface area contributed by atoms with Crippen LogP contribution in [-0.2, 0) is 17.8 Å². The molecule has 0 bridgehead atoms. The first-order valence-corrected chi connectivity index (χ1v) is 6.90. The van der Waals surface area contributed by atoms with E-state index in [1.165, 1.54) is 0 Å². The van der Waals surface area contributed by atoms with Crippen molar-refractivity contribution in [3.63, 3.8) is 0 Å². The number of ether oxygens (including phenoxy) is 1. The SMILES string of the molecule is CCn1cc(CC(=O)CCOc2cccc(C)c2)cn1. The molecule has 0 spiro atoms. The number of aromatic nitrogens is 2. The Hall–Kier alpha value is -2.10. The van der Waals surface area contributed by atoms with Crippen molar-refractivity contribution >= 4 is 5.78 Å². The summed E-state index contributed by atoms with van der Waals surface area (Å²) in [6.45, 7) is 5.28. The summed E-state index contributed by atoms with van der Waals surface area (Å²) in [5, 5.41) is 4.16. The van der Waals surface area contributed by atoms with Gasteiger partial charge in [0.2, 0.25) is 0 Å². The third kappa shape index (κ3) is 4.23. The van der Waals surface area contributed by atoms with E-state index in [-0.39, 0.29) is 5.78 Å². The number of carbonyl (C=O) groups excluding carboxylic acids is 1. The highest BCUT2D eigenvalue weighted by Crippen LogP contribution is 2.12. The highest BCUT2D eigenvalue weighted by atomic mass is 16.5. The van der Waals surface area contributed by atoms with Gasteiger partial charge < -0.3 is 4.74 Å². The quantitative estimate of drug-likeness (QED) is 0.778. The molecule has 0 radical (unpaired) electrons. The molecule has 106 valence electrons. The molecule has 0 N–H and O–H groups in total. The first-order valence-electron chi connectivity index (χ1n) is 6.90. The lowest BCUT2D eigenvalue weighted by Crippen LogP contribution is -2.08. The fourth-order valence-electron chi connectivity index (χ4n) is 1.97. The van der Waals surface area contributed by atoms with Crippen LogP contribution in [0, 0.1) is 6.92 Å². The van der Waals surface area contributed by atoms with Gasteiger partial charge in [-0.15, -0.1) is 0 Å². The van der Waals surface area contributed by atoms with Crippen molar-refractivity contribution in [1.29, 1.82) is 0 Å². The Morgan fingerprint density at radius 3 is 2.95 bits per heavy atom. The van der Waals surface area contributed by atoms with Crippen LogP contribution in [0.2, 0.25) is 0 Å². The number of rotatable bonds is 7. The normalized spacial score (nSPS) is 10.5. The van der Waals surface area contributed by atoms with E-state index < -0.39 is 0 Å². The predicted molar refractivity (Wildman–Crippen MR) is 77.9 cm³/mol. The second kappa shape index (κ2) is 6.89. The molecule has 2 aromatic rings. The van der Waals surface area contributed by atoms with Gasteiger partial charge in [0.15, 0.2) is 0 Å². The Balaban J connectivity index is 1.75. The van der Waals surface area contributed by atoms with Crippen LogP contribution in [0.4, 0.5) is 0 Å². The van der Waals surface area contributed by atoms with Gasteiger partial charge in [-0.2, -0.15) is 5.10 Å². The fraction of sp³-hybridized carbons (Fsp3) is 0.375. The second-order valence-corrected chi connectivity index (χ2v) is 4.83. The van der Waals surface area contributed by atoms with Crippen LogP contribution in [0.1, 0.15) is 24.5 Å². The molecule has 20 heavy (non-hydrogen) atoms. The van der Waals surface area contributed by atoms with Gasteiger partial charge in [0.25, 0.3) is 0 Å². The maximum Gasteiger partial charge on any atom is 0.140 e. The van der Waals surface area contributed by atoms with E-state index in [2.05, 4.69) is 5.10 Å². The van der Waals surface area contributed by atoms with Crippen molar-refractivity contribution in [2.75, 3.05) is 6.61 Å². The number of carbonyl (C=O) groups is 1. The molecule has 0 saturated heterocycles. The van der Waals surface area contributed by atoms with Gasteiger partial charge in [0.05, 0.1) is 12.8 Å². The summed E-state index contributed by atoms with van der Waals surface area (Å²) in [5.74, 6) is 0.991. The second-order valence-electron chi connectivity index (χ2n) is 4.83. The largest absolute Gasteiger partial charge is 0.493 e. The molecular formula is C16H20N2O2. The maximum atomic E-state index is 11.9. The van der Waals surface area contributed by atoms with Crippen molar-refractivity contribution in [3.05, 3.63) is 47.8 Å². The molecule has 0 amide bonds. The van der Waals surface area contributed by atoms with Crippen LogP contribution in [0.5, 0.6) is 5.75 Å². The molecule has 0 saturated carbocycles. The highest BCUT2D eigenvalue weighted by Gasteiger charge is 2.06. The topological polar surface area (TPSA) is 44.1 Å². The van der Waals surface area contributed by atoms with Gasteiger partial charge in [-0.3, -0.25) is 9.48 Å². The van der Waals surface area contributed by atoms with Crippen molar-refractivity contribution in [1.82, 2.24) is 9.78 Å². The Bertz CT molecular complexity index is 575. The summed E-state index contributed by atoms with van der Waals surface area (Å²) in [6, 6.07) is 7.84. The molecule has 0 aliphatic heterocycles. The zero-order valence-corrected chi connectivity index (χ0v) is 12.0. The van der Waals surface area contributed by atoms with Crippen LogP contribution in [0.25, 0.3) is 0 Å². The number of nitrogens with zero attached hydrogens (tertiary/aromatic N) is 2. The zero-order valence-electron chi connectivity index (χ0n) is 12.0. The van der Waals surface area contributed by atoms with Crippen LogP contribution in [-0.4, -0.2) is 22.2 Å². The standard InChI is InChI=1S/C16H20N2O2/c1-3-18-12-14(11-17-18)10-15(19)7-8-20-16-6-4-5-13(2)9-16/h4-6,9,11-12H,3,7-8,10H2,1-2H3. The van der Waals surface area contributed by atoms with Crippen molar-refractivity contribution in [2.45, 2.75) is 33.2 Å². The first kappa shape index (κ1) is 14.3. The molecule has 1 aromatic carbocycles. The van der Waals surface area contributed by atoms with E-state index >= 15 is 0 Å². The Morgan fingerprint density at radius 2 is 2.25 bits per heavy atom. The summed E-state index contributed by atoms with van der Waals surface area (Å²) in [4.78, 5) is 11.9. The minimum atomic E-state index is 0.174. The number of hydrogen-bond acceptors (Lipinski definition) is 3. The van der Waals surface area contributed by atoms with Gasteiger partial charge in [-0.05, 0) is 37.1 Å². The molecule has 4 heteroatoms. The molecule has 0 atom stereocenters. The summed E-state index contributed by atoms with van der Waals surface area (Å²) >= 11 is 0. The average Bonchev–Trinajstić information content (AvgIpc) is 2.86. The van der Waals surface area contributed by atoms with Gasteiger partial charge in [-0.1, -0.05) is 12.1 Å². The molecule has 4 nitrogen and oxygen atoms in total. The molecule has 1 heterocycles. The van der Waals surface area contributed by atoms with E-state index in [9.17, 15) is 4.79 Å². The Labute approximate surface area is 119 Å². The third-order valence-corrected chi connectivity index (χ3v) is 3.05. The van der Waals surface area contributed by atoms with E-state index in [1.54, 1.807) is 6.20 Å². The summed E-state index contributed by atoms with van der Waals surface area (Å²) in [5.41, 5.74) is 2.12. The number of Topliss-reactive ketones (excluding diaryl/α,β-unsaturated/α-hetero) is 1. The van der Waals surface area contributed by atoms with E-state index in [0.717, 1.165) is 23.4 Å². The Kier molecular flexibility index (Phi) is 4.93. The molecule has 2 rings (SSSR count). The van der Waals surface area contributed by atoms with Crippen LogP contribution >= 0.6 is 0 Å². The van der Waals surface area contributed by atoms with Crippen LogP contribution < -0.4 is 4.74 Å². The minimum Gasteiger partial charge on any atom is -0.493 e. The van der Waals surface area contributed by atoms with Crippen molar-refractivity contribution in [2.24, 2.45) is 0 Å². The summed E-state index contributed by atoms with van der Waals surface area (Å²) in [6.07, 6.45) is 4.52. The van der Waals surface area contributed by atoms with Crippen molar-refractivity contribution in [3.8, 4) is 5.75 Å². The number of aryl methyl sites for hydroxylation is 2. The maximum absolute atomic E-state index is 11.9. The average molecular weight is 272 g/mol. The fourth-order valence-corrected chi connectivity index (χ4v) is 1.97. The number of hydrogen-bond donors (Lipinski definition) is 0. The van der Waals surface area contributed by atoms with E-state index in [4.69, 9.17) is 4.74 Å². The monoisotopic (exact) mass is 272 g/mol. The lowest BCUT2D eigenvalue weighted by Gasteiger charge is -2.06. The highest BCUT2D eigenvalue weighted by molar-refractivity contribution is 5.80. The van der Waals surface area contributed by atoms with E-state index in [1.807, 2.05) is 49.0 Å².